The van der Waals surface area contributed by atoms with E-state index in [4.69, 9.17) is 9.47 Å². The molecule has 1 unspecified atom stereocenters. The molecule has 9 heteroatoms. The fourth-order valence-electron chi connectivity index (χ4n) is 4.31. The van der Waals surface area contributed by atoms with E-state index in [0.717, 1.165) is 0 Å². The highest BCUT2D eigenvalue weighted by Gasteiger charge is 2.34. The van der Waals surface area contributed by atoms with Crippen LogP contribution in [0.1, 0.15) is 47.4 Å². The van der Waals surface area contributed by atoms with Gasteiger partial charge in [0.05, 0.1) is 0 Å². The first-order valence-corrected chi connectivity index (χ1v) is 11.8. The highest BCUT2D eigenvalue weighted by Crippen LogP contribution is 2.32. The third kappa shape index (κ3) is 5.90. The summed E-state index contributed by atoms with van der Waals surface area (Å²) in [5.74, 6) is -0.168. The van der Waals surface area contributed by atoms with E-state index in [1.807, 2.05) is 13.8 Å². The van der Waals surface area contributed by atoms with Crippen LogP contribution < -0.4 is 20.1 Å². The molecular formula is C26H30FN3O5. The molecule has 3 amide bonds. The average Bonchev–Trinajstić information content (AvgIpc) is 3.33. The lowest BCUT2D eigenvalue weighted by Gasteiger charge is -2.36. The zero-order valence-corrected chi connectivity index (χ0v) is 19.9. The van der Waals surface area contributed by atoms with Gasteiger partial charge in [-0.3, -0.25) is 14.4 Å². The molecule has 1 atom stereocenters. The van der Waals surface area contributed by atoms with E-state index in [1.165, 1.54) is 18.2 Å². The Labute approximate surface area is 203 Å². The number of halogens is 1. The largest absolute Gasteiger partial charge is 0.454 e. The summed E-state index contributed by atoms with van der Waals surface area (Å²) in [6.07, 6.45) is 1.06. The lowest BCUT2D eigenvalue weighted by molar-refractivity contribution is -0.124. The van der Waals surface area contributed by atoms with Crippen molar-refractivity contribution < 1.29 is 28.2 Å². The summed E-state index contributed by atoms with van der Waals surface area (Å²) in [5.41, 5.74) is 0.667. The molecule has 0 spiro atoms. The lowest BCUT2D eigenvalue weighted by atomic mass is 9.88. The summed E-state index contributed by atoms with van der Waals surface area (Å²) < 4.78 is 24.2. The Morgan fingerprint density at radius 2 is 1.77 bits per heavy atom. The molecule has 2 N–H and O–H groups in total. The number of nitrogens with zero attached hydrogens (tertiary/aromatic N) is 1. The Morgan fingerprint density at radius 3 is 2.49 bits per heavy atom. The second kappa shape index (κ2) is 10.8. The minimum absolute atomic E-state index is 0.105. The molecule has 0 radical (unpaired) electrons. The van der Waals surface area contributed by atoms with Gasteiger partial charge in [-0.25, -0.2) is 4.39 Å². The van der Waals surface area contributed by atoms with Crippen LogP contribution in [-0.4, -0.2) is 55.1 Å². The van der Waals surface area contributed by atoms with Crippen LogP contribution in [0.3, 0.4) is 0 Å². The Hall–Kier alpha value is -3.62. The van der Waals surface area contributed by atoms with Gasteiger partial charge in [-0.05, 0) is 61.1 Å². The van der Waals surface area contributed by atoms with E-state index in [9.17, 15) is 18.8 Å². The highest BCUT2D eigenvalue weighted by atomic mass is 19.1. The van der Waals surface area contributed by atoms with Gasteiger partial charge in [-0.1, -0.05) is 19.9 Å². The molecule has 0 saturated carbocycles. The number of nitrogens with one attached hydrogen (secondary N) is 2. The predicted octanol–water partition coefficient (Wildman–Crippen LogP) is 2.98. The van der Waals surface area contributed by atoms with Crippen molar-refractivity contribution in [2.45, 2.75) is 32.7 Å². The highest BCUT2D eigenvalue weighted by molar-refractivity contribution is 5.98. The number of hydrogen-bond acceptors (Lipinski definition) is 5. The number of benzene rings is 2. The van der Waals surface area contributed by atoms with Crippen LogP contribution in [0.25, 0.3) is 0 Å². The van der Waals surface area contributed by atoms with Crippen molar-refractivity contribution in [2.24, 2.45) is 11.8 Å². The molecular weight excluding hydrogens is 453 g/mol. The van der Waals surface area contributed by atoms with Crippen molar-refractivity contribution in [1.82, 2.24) is 15.5 Å². The van der Waals surface area contributed by atoms with Gasteiger partial charge < -0.3 is 25.0 Å². The van der Waals surface area contributed by atoms with Crippen molar-refractivity contribution in [1.29, 1.82) is 0 Å². The third-order valence-electron chi connectivity index (χ3n) is 6.26. The molecule has 2 heterocycles. The van der Waals surface area contributed by atoms with Gasteiger partial charge in [0.25, 0.3) is 11.8 Å². The van der Waals surface area contributed by atoms with E-state index < -0.39 is 11.9 Å². The summed E-state index contributed by atoms with van der Waals surface area (Å²) in [4.78, 5) is 40.6. The predicted molar refractivity (Wildman–Crippen MR) is 127 cm³/mol. The number of fused-ring (bicyclic) bond motifs is 1. The second-order valence-electron chi connectivity index (χ2n) is 9.30. The first-order chi connectivity index (χ1) is 16.8. The number of carbonyl (C=O) groups is 3. The van der Waals surface area contributed by atoms with Crippen LogP contribution >= 0.6 is 0 Å². The Balaban J connectivity index is 1.44. The minimum atomic E-state index is -0.752. The number of amides is 3. The van der Waals surface area contributed by atoms with Gasteiger partial charge in [0.15, 0.2) is 11.5 Å². The van der Waals surface area contributed by atoms with Crippen LogP contribution in [-0.2, 0) is 4.79 Å². The van der Waals surface area contributed by atoms with Gasteiger partial charge in [0, 0.05) is 30.8 Å². The van der Waals surface area contributed by atoms with Gasteiger partial charge >= 0.3 is 0 Å². The molecule has 2 aromatic rings. The minimum Gasteiger partial charge on any atom is -0.454 e. The summed E-state index contributed by atoms with van der Waals surface area (Å²) >= 11 is 0. The fraction of sp³-hybridized carbons (Fsp3) is 0.423. The van der Waals surface area contributed by atoms with Crippen molar-refractivity contribution >= 4 is 17.7 Å². The normalized spacial score (nSPS) is 16.2. The maximum Gasteiger partial charge on any atom is 0.253 e. The van der Waals surface area contributed by atoms with Crippen LogP contribution in [0.2, 0.25) is 0 Å². The molecule has 4 rings (SSSR count). The van der Waals surface area contributed by atoms with E-state index >= 15 is 0 Å². The molecule has 1 fully saturated rings. The molecule has 35 heavy (non-hydrogen) atoms. The number of piperidine rings is 1. The van der Waals surface area contributed by atoms with E-state index in [0.29, 0.717) is 55.1 Å². The number of hydrogen-bond donors (Lipinski definition) is 2. The number of ether oxygens (including phenoxy) is 2. The first-order valence-electron chi connectivity index (χ1n) is 11.8. The second-order valence-corrected chi connectivity index (χ2v) is 9.30. The maximum absolute atomic E-state index is 13.5. The molecule has 0 bridgehead atoms. The van der Waals surface area contributed by atoms with Crippen LogP contribution in [0.15, 0.2) is 42.5 Å². The maximum atomic E-state index is 13.5. The molecule has 2 aliphatic heterocycles. The molecule has 0 aliphatic carbocycles. The smallest absolute Gasteiger partial charge is 0.253 e. The zero-order chi connectivity index (χ0) is 24.9. The Bertz CT molecular complexity index is 1100. The summed E-state index contributed by atoms with van der Waals surface area (Å²) in [5, 5.41) is 5.82. The van der Waals surface area contributed by atoms with Crippen molar-refractivity contribution in [2.75, 3.05) is 26.4 Å². The zero-order valence-electron chi connectivity index (χ0n) is 19.9. The summed E-state index contributed by atoms with van der Waals surface area (Å²) in [6, 6.07) is 9.77. The monoisotopic (exact) mass is 483 g/mol. The Morgan fingerprint density at radius 1 is 1.03 bits per heavy atom. The summed E-state index contributed by atoms with van der Waals surface area (Å²) in [7, 11) is 0. The molecule has 2 aromatic carbocycles. The van der Waals surface area contributed by atoms with Crippen LogP contribution in [0.4, 0.5) is 4.39 Å². The Kier molecular flexibility index (Phi) is 7.53. The van der Waals surface area contributed by atoms with Gasteiger partial charge in [-0.2, -0.15) is 0 Å². The van der Waals surface area contributed by atoms with Crippen LogP contribution in [0, 0.1) is 17.7 Å². The van der Waals surface area contributed by atoms with E-state index in [1.54, 1.807) is 29.2 Å². The van der Waals surface area contributed by atoms with Crippen molar-refractivity contribution in [3.05, 3.63) is 59.4 Å². The SMILES string of the molecule is CC(C)CNC(=O)C(NC(=O)c1ccc2c(c1)OCO2)C1CCN(C(=O)c2cccc(F)c2)CC1. The molecule has 1 saturated heterocycles. The van der Waals surface area contributed by atoms with Gasteiger partial charge in [0.1, 0.15) is 11.9 Å². The molecule has 2 aliphatic rings. The fourth-order valence-corrected chi connectivity index (χ4v) is 4.31. The van der Waals surface area contributed by atoms with Gasteiger partial charge in [-0.15, -0.1) is 0 Å². The standard InChI is InChI=1S/C26H30FN3O5/c1-16(2)14-28-25(32)23(29-24(31)18-6-7-21-22(13-18)35-15-34-21)17-8-10-30(11-9-17)26(33)19-4-3-5-20(27)12-19/h3-7,12-13,16-17,23H,8-11,14-15H2,1-2H3,(H,28,32)(H,29,31). The number of rotatable bonds is 7. The molecule has 0 aromatic heterocycles. The quantitative estimate of drug-likeness (QED) is 0.631. The number of likely N-dealkylation sites (tertiary alicyclic amines) is 1. The number of carbonyl (C=O) groups excluding carboxylic acids is 3. The van der Waals surface area contributed by atoms with Gasteiger partial charge in [0.2, 0.25) is 12.7 Å². The molecule has 8 nitrogen and oxygen atoms in total. The first kappa shape index (κ1) is 24.5. The van der Waals surface area contributed by atoms with E-state index in [2.05, 4.69) is 10.6 Å². The van der Waals surface area contributed by atoms with E-state index in [-0.39, 0.29) is 36.4 Å². The van der Waals surface area contributed by atoms with Crippen molar-refractivity contribution in [3.8, 4) is 11.5 Å². The van der Waals surface area contributed by atoms with Crippen LogP contribution in [0.5, 0.6) is 11.5 Å². The topological polar surface area (TPSA) is 97.0 Å². The molecule has 186 valence electrons. The average molecular weight is 484 g/mol. The summed E-state index contributed by atoms with van der Waals surface area (Å²) in [6.45, 7) is 5.41. The lowest BCUT2D eigenvalue weighted by Crippen LogP contribution is -2.54. The van der Waals surface area contributed by atoms with Crippen molar-refractivity contribution in [3.63, 3.8) is 0 Å². The third-order valence-corrected chi connectivity index (χ3v) is 6.26.